The second kappa shape index (κ2) is 8.66. The van der Waals surface area contributed by atoms with E-state index in [-0.39, 0.29) is 30.1 Å². The molecule has 0 aliphatic heterocycles. The molecule has 1 atom stereocenters. The normalized spacial score (nSPS) is 13.7. The second-order valence-corrected chi connectivity index (χ2v) is 6.22. The van der Waals surface area contributed by atoms with Crippen molar-refractivity contribution >= 4 is 5.91 Å². The van der Waals surface area contributed by atoms with Gasteiger partial charge in [-0.15, -0.1) is 0 Å². The molecule has 0 saturated heterocycles. The fourth-order valence-electron chi connectivity index (χ4n) is 2.34. The summed E-state index contributed by atoms with van der Waals surface area (Å²) in [6, 6.07) is 5.59. The molecule has 0 bridgehead atoms. The minimum atomic E-state index is -4.76. The Morgan fingerprint density at radius 1 is 1.17 bits per heavy atom. The van der Waals surface area contributed by atoms with Crippen LogP contribution in [0.5, 0.6) is 0 Å². The SMILES string of the molecule is CCC(C)N(Cc1ccc(-c2noc(C(F)(F)F)n2)cc1)C(=O)C=CC(F)(F)F. The van der Waals surface area contributed by atoms with Gasteiger partial charge in [0.05, 0.1) is 0 Å². The number of aromatic nitrogens is 2. The van der Waals surface area contributed by atoms with Crippen LogP contribution >= 0.6 is 0 Å². The van der Waals surface area contributed by atoms with Gasteiger partial charge in [0.2, 0.25) is 11.7 Å². The van der Waals surface area contributed by atoms with Crippen LogP contribution in [0.2, 0.25) is 0 Å². The van der Waals surface area contributed by atoms with Gasteiger partial charge in [0.15, 0.2) is 0 Å². The molecular weight excluding hydrogens is 404 g/mol. The predicted molar refractivity (Wildman–Crippen MR) is 90.2 cm³/mol. The standard InChI is InChI=1S/C18H17F6N3O2/c1-3-11(2)27(14(28)8-9-17(19,20)21)10-12-4-6-13(7-5-12)15-25-16(29-26-15)18(22,23)24/h4-9,11H,3,10H2,1-2H3. The molecule has 0 N–H and O–H groups in total. The summed E-state index contributed by atoms with van der Waals surface area (Å²) in [6.45, 7) is 3.51. The third-order valence-corrected chi connectivity index (χ3v) is 4.05. The average molecular weight is 421 g/mol. The van der Waals surface area contributed by atoms with Crippen molar-refractivity contribution in [3.8, 4) is 11.4 Å². The fourth-order valence-corrected chi connectivity index (χ4v) is 2.34. The highest BCUT2D eigenvalue weighted by Gasteiger charge is 2.38. The molecule has 11 heteroatoms. The summed E-state index contributed by atoms with van der Waals surface area (Å²) in [6.07, 6.45) is -8.49. The molecule has 0 aliphatic carbocycles. The fraction of sp³-hybridized carbons (Fsp3) is 0.389. The van der Waals surface area contributed by atoms with Gasteiger partial charge in [-0.1, -0.05) is 36.3 Å². The minimum Gasteiger partial charge on any atom is -0.332 e. The predicted octanol–water partition coefficient (Wildman–Crippen LogP) is 5.00. The number of nitrogens with zero attached hydrogens (tertiary/aromatic N) is 3. The molecule has 1 amide bonds. The monoisotopic (exact) mass is 421 g/mol. The minimum absolute atomic E-state index is 0.0242. The van der Waals surface area contributed by atoms with Gasteiger partial charge < -0.3 is 9.42 Å². The highest BCUT2D eigenvalue weighted by atomic mass is 19.4. The van der Waals surface area contributed by atoms with Crippen LogP contribution in [0.15, 0.2) is 40.9 Å². The van der Waals surface area contributed by atoms with E-state index in [1.165, 1.54) is 29.2 Å². The molecule has 0 saturated carbocycles. The topological polar surface area (TPSA) is 59.2 Å². The smallest absolute Gasteiger partial charge is 0.332 e. The molecule has 1 aromatic carbocycles. The molecule has 2 rings (SSSR count). The van der Waals surface area contributed by atoms with Crippen LogP contribution < -0.4 is 0 Å². The van der Waals surface area contributed by atoms with Crippen LogP contribution in [0.3, 0.4) is 0 Å². The van der Waals surface area contributed by atoms with Crippen LogP contribution in [0.1, 0.15) is 31.7 Å². The number of hydrogen-bond acceptors (Lipinski definition) is 4. The maximum Gasteiger partial charge on any atom is 0.471 e. The van der Waals surface area contributed by atoms with Crippen molar-refractivity contribution in [1.29, 1.82) is 0 Å². The molecule has 5 nitrogen and oxygen atoms in total. The Balaban J connectivity index is 2.17. The first-order chi connectivity index (χ1) is 13.4. The third kappa shape index (κ3) is 6.33. The quantitative estimate of drug-likeness (QED) is 0.487. The highest BCUT2D eigenvalue weighted by Crippen LogP contribution is 2.29. The van der Waals surface area contributed by atoms with E-state index in [2.05, 4.69) is 14.7 Å². The molecule has 0 spiro atoms. The molecule has 158 valence electrons. The lowest BCUT2D eigenvalue weighted by Crippen LogP contribution is -2.36. The summed E-state index contributed by atoms with van der Waals surface area (Å²) in [4.78, 5) is 16.7. The third-order valence-electron chi connectivity index (χ3n) is 4.05. The Morgan fingerprint density at radius 2 is 1.79 bits per heavy atom. The van der Waals surface area contributed by atoms with Gasteiger partial charge in [-0.3, -0.25) is 4.79 Å². The number of carbonyl (C=O) groups is 1. The average Bonchev–Trinajstić information content (AvgIpc) is 3.14. The zero-order valence-corrected chi connectivity index (χ0v) is 15.4. The van der Waals surface area contributed by atoms with Gasteiger partial charge in [-0.25, -0.2) is 0 Å². The molecule has 2 aromatic rings. The van der Waals surface area contributed by atoms with Crippen LogP contribution in [0.25, 0.3) is 11.4 Å². The van der Waals surface area contributed by atoms with Crippen molar-refractivity contribution < 1.29 is 35.7 Å². The van der Waals surface area contributed by atoms with E-state index in [1.807, 2.05) is 0 Å². The highest BCUT2D eigenvalue weighted by molar-refractivity contribution is 5.87. The first-order valence-electron chi connectivity index (χ1n) is 8.47. The Hall–Kier alpha value is -2.85. The molecule has 1 heterocycles. The number of allylic oxidation sites excluding steroid dienone is 1. The Morgan fingerprint density at radius 3 is 2.28 bits per heavy atom. The summed E-state index contributed by atoms with van der Waals surface area (Å²) in [7, 11) is 0. The summed E-state index contributed by atoms with van der Waals surface area (Å²) in [5, 5.41) is 3.27. The van der Waals surface area contributed by atoms with E-state index in [9.17, 15) is 31.1 Å². The number of alkyl halides is 6. The van der Waals surface area contributed by atoms with E-state index >= 15 is 0 Å². The number of carbonyl (C=O) groups excluding carboxylic acids is 1. The maximum atomic E-state index is 12.5. The van der Waals surface area contributed by atoms with Gasteiger partial charge >= 0.3 is 18.2 Å². The van der Waals surface area contributed by atoms with Gasteiger partial charge in [0.1, 0.15) is 0 Å². The summed E-state index contributed by atoms with van der Waals surface area (Å²) < 4.78 is 78.7. The Bertz CT molecular complexity index is 856. The molecule has 29 heavy (non-hydrogen) atoms. The first-order valence-corrected chi connectivity index (χ1v) is 8.47. The zero-order valence-electron chi connectivity index (χ0n) is 15.4. The molecule has 1 unspecified atom stereocenters. The van der Waals surface area contributed by atoms with Gasteiger partial charge in [-0.2, -0.15) is 31.3 Å². The van der Waals surface area contributed by atoms with E-state index in [0.717, 1.165) is 0 Å². The number of halogens is 6. The lowest BCUT2D eigenvalue weighted by Gasteiger charge is -2.27. The van der Waals surface area contributed by atoms with Gasteiger partial charge in [0, 0.05) is 30.3 Å². The molecule has 0 fully saturated rings. The van der Waals surface area contributed by atoms with E-state index in [1.54, 1.807) is 13.8 Å². The number of rotatable bonds is 6. The van der Waals surface area contributed by atoms with E-state index < -0.39 is 24.2 Å². The molecular formula is C18H17F6N3O2. The number of benzene rings is 1. The zero-order chi connectivity index (χ0) is 21.8. The van der Waals surface area contributed by atoms with Gasteiger partial charge in [-0.05, 0) is 18.9 Å². The molecule has 1 aromatic heterocycles. The van der Waals surface area contributed by atoms with Crippen LogP contribution in [0, 0.1) is 0 Å². The van der Waals surface area contributed by atoms with Crippen molar-refractivity contribution in [3.05, 3.63) is 47.9 Å². The second-order valence-electron chi connectivity index (χ2n) is 6.22. The van der Waals surface area contributed by atoms with E-state index in [4.69, 9.17) is 0 Å². The van der Waals surface area contributed by atoms with Crippen molar-refractivity contribution in [2.75, 3.05) is 0 Å². The van der Waals surface area contributed by atoms with Crippen molar-refractivity contribution in [2.45, 2.75) is 45.2 Å². The summed E-state index contributed by atoms with van der Waals surface area (Å²) in [5.41, 5.74) is 0.828. The Labute approximate surface area is 162 Å². The van der Waals surface area contributed by atoms with Crippen molar-refractivity contribution in [3.63, 3.8) is 0 Å². The largest absolute Gasteiger partial charge is 0.471 e. The van der Waals surface area contributed by atoms with Crippen molar-refractivity contribution in [1.82, 2.24) is 15.0 Å². The lowest BCUT2D eigenvalue weighted by atomic mass is 10.1. The number of hydrogen-bond donors (Lipinski definition) is 0. The first kappa shape index (κ1) is 22.4. The summed E-state index contributed by atoms with van der Waals surface area (Å²) >= 11 is 0. The van der Waals surface area contributed by atoms with Gasteiger partial charge in [0.25, 0.3) is 0 Å². The van der Waals surface area contributed by atoms with Crippen LogP contribution in [-0.4, -0.2) is 33.2 Å². The Kier molecular flexibility index (Phi) is 6.70. The van der Waals surface area contributed by atoms with Crippen molar-refractivity contribution in [2.24, 2.45) is 0 Å². The molecule has 0 radical (unpaired) electrons. The molecule has 0 aliphatic rings. The number of amides is 1. The van der Waals surface area contributed by atoms with Crippen LogP contribution in [-0.2, 0) is 17.5 Å². The summed E-state index contributed by atoms with van der Waals surface area (Å²) in [5.74, 6) is -2.53. The van der Waals surface area contributed by atoms with E-state index in [0.29, 0.717) is 18.1 Å². The lowest BCUT2D eigenvalue weighted by molar-refractivity contribution is -0.159. The van der Waals surface area contributed by atoms with Crippen LogP contribution in [0.4, 0.5) is 26.3 Å². The maximum absolute atomic E-state index is 12.5.